The first-order valence-corrected chi connectivity index (χ1v) is 19.4. The van der Waals surface area contributed by atoms with Gasteiger partial charge in [-0.2, -0.15) is 0 Å². The van der Waals surface area contributed by atoms with Crippen LogP contribution in [0.4, 0.5) is 20.2 Å². The molecule has 2 saturated heterocycles. The van der Waals surface area contributed by atoms with Crippen LogP contribution in [-0.4, -0.2) is 66.8 Å². The molecule has 0 amide bonds. The lowest BCUT2D eigenvalue weighted by Gasteiger charge is -2.40. The first-order chi connectivity index (χ1) is 26.9. The Balaban J connectivity index is 1.30. The molecule has 0 saturated carbocycles. The molecule has 3 heterocycles. The lowest BCUT2D eigenvalue weighted by Crippen LogP contribution is -2.37. The first kappa shape index (κ1) is 35.6. The van der Waals surface area contributed by atoms with Gasteiger partial charge in [0.05, 0.1) is 40.6 Å². The van der Waals surface area contributed by atoms with E-state index < -0.39 is 22.7 Å². The molecular formula is C46H46F2N2O5. The summed E-state index contributed by atoms with van der Waals surface area (Å²) in [5.41, 5.74) is 6.15. The van der Waals surface area contributed by atoms with Crippen LogP contribution in [0.3, 0.4) is 0 Å². The quantitative estimate of drug-likeness (QED) is 0.157. The Morgan fingerprint density at radius 2 is 1.20 bits per heavy atom. The normalized spacial score (nSPS) is 18.1. The third-order valence-corrected chi connectivity index (χ3v) is 12.4. The Morgan fingerprint density at radius 1 is 0.673 bits per heavy atom. The summed E-state index contributed by atoms with van der Waals surface area (Å²) in [4.78, 5) is 4.68. The highest BCUT2D eigenvalue weighted by atomic mass is 19.1. The smallest absolute Gasteiger partial charge is 0.178 e. The molecule has 0 atom stereocenters. The van der Waals surface area contributed by atoms with E-state index in [0.717, 1.165) is 82.2 Å². The van der Waals surface area contributed by atoms with Gasteiger partial charge in [-0.15, -0.1) is 0 Å². The van der Waals surface area contributed by atoms with Gasteiger partial charge < -0.3 is 33.5 Å². The molecule has 5 aromatic carbocycles. The Bertz CT molecular complexity index is 2230. The average molecular weight is 745 g/mol. The van der Waals surface area contributed by atoms with Crippen molar-refractivity contribution in [1.82, 2.24) is 0 Å². The van der Waals surface area contributed by atoms with Crippen molar-refractivity contribution in [2.24, 2.45) is 0 Å². The number of fused-ring (bicyclic) bond motifs is 8. The van der Waals surface area contributed by atoms with Gasteiger partial charge in [0.15, 0.2) is 17.1 Å². The topological polar surface area (TPSA) is 52.6 Å². The number of halogens is 2. The standard InChI is InChI=1S/C46H46F2N2O5/c1-5-45(6-2)42-37(25-31(47)26-38(42)48)41-35-27-39(51-3)40(52-4)28-36(35)44-34(43(41)45)15-16-46(55-44,29-7-11-32(12-8-29)49-17-21-53-22-18-49)30-9-13-33(14-10-30)50-19-23-54-24-20-50/h7-16,25-28H,5-6,17-24H2,1-4H3. The second-order valence-corrected chi connectivity index (χ2v) is 14.8. The number of morpholine rings is 2. The largest absolute Gasteiger partial charge is 0.493 e. The number of methoxy groups -OCH3 is 2. The van der Waals surface area contributed by atoms with E-state index >= 15 is 8.78 Å². The minimum atomic E-state index is -1.03. The van der Waals surface area contributed by atoms with E-state index in [0.29, 0.717) is 67.6 Å². The van der Waals surface area contributed by atoms with E-state index in [4.69, 9.17) is 23.7 Å². The molecule has 55 heavy (non-hydrogen) atoms. The lowest BCUT2D eigenvalue weighted by atomic mass is 9.71. The van der Waals surface area contributed by atoms with Crippen molar-refractivity contribution < 1.29 is 32.5 Å². The number of anilines is 2. The molecule has 0 bridgehead atoms. The van der Waals surface area contributed by atoms with Crippen molar-refractivity contribution in [2.75, 3.05) is 76.6 Å². The highest BCUT2D eigenvalue weighted by molar-refractivity contribution is 6.09. The van der Waals surface area contributed by atoms with E-state index in [1.807, 2.05) is 12.1 Å². The van der Waals surface area contributed by atoms with Crippen molar-refractivity contribution in [1.29, 1.82) is 0 Å². The summed E-state index contributed by atoms with van der Waals surface area (Å²) in [6.07, 6.45) is 5.52. The fourth-order valence-electron chi connectivity index (χ4n) is 9.54. The number of ether oxygens (including phenoxy) is 5. The van der Waals surface area contributed by atoms with Crippen LogP contribution in [0.15, 0.2) is 78.9 Å². The van der Waals surface area contributed by atoms with Crippen LogP contribution in [0.1, 0.15) is 54.5 Å². The van der Waals surface area contributed by atoms with Crippen molar-refractivity contribution in [3.63, 3.8) is 0 Å². The minimum Gasteiger partial charge on any atom is -0.493 e. The van der Waals surface area contributed by atoms with Crippen molar-refractivity contribution in [2.45, 2.75) is 37.7 Å². The minimum absolute atomic E-state index is 0.524. The molecule has 284 valence electrons. The van der Waals surface area contributed by atoms with Gasteiger partial charge in [-0.1, -0.05) is 44.2 Å². The maximum absolute atomic E-state index is 16.2. The molecule has 9 rings (SSSR count). The predicted octanol–water partition coefficient (Wildman–Crippen LogP) is 9.24. The Labute approximate surface area is 321 Å². The molecule has 3 aliphatic heterocycles. The first-order valence-electron chi connectivity index (χ1n) is 19.4. The molecule has 2 fully saturated rings. The number of hydrogen-bond acceptors (Lipinski definition) is 7. The molecule has 4 aliphatic rings. The van der Waals surface area contributed by atoms with Crippen LogP contribution < -0.4 is 24.0 Å². The Hall–Kier alpha value is -5.12. The number of hydrogen-bond donors (Lipinski definition) is 0. The fourth-order valence-corrected chi connectivity index (χ4v) is 9.54. The molecule has 0 N–H and O–H groups in total. The van der Waals surface area contributed by atoms with Crippen LogP contribution in [0.25, 0.3) is 28.0 Å². The number of nitrogens with zero attached hydrogens (tertiary/aromatic N) is 2. The van der Waals surface area contributed by atoms with Crippen LogP contribution in [0.5, 0.6) is 17.2 Å². The Morgan fingerprint density at radius 3 is 1.71 bits per heavy atom. The van der Waals surface area contributed by atoms with E-state index in [9.17, 15) is 0 Å². The van der Waals surface area contributed by atoms with E-state index in [2.05, 4.69) is 84.3 Å². The highest BCUT2D eigenvalue weighted by Gasteiger charge is 2.48. The summed E-state index contributed by atoms with van der Waals surface area (Å²) >= 11 is 0. The van der Waals surface area contributed by atoms with Crippen LogP contribution in [0, 0.1) is 11.6 Å². The van der Waals surface area contributed by atoms with Gasteiger partial charge in [0.2, 0.25) is 0 Å². The lowest BCUT2D eigenvalue weighted by molar-refractivity contribution is 0.122. The third kappa shape index (κ3) is 5.49. The van der Waals surface area contributed by atoms with Crippen molar-refractivity contribution in [3.8, 4) is 28.4 Å². The number of benzene rings is 5. The predicted molar refractivity (Wildman–Crippen MR) is 213 cm³/mol. The van der Waals surface area contributed by atoms with Crippen molar-refractivity contribution in [3.05, 3.63) is 118 Å². The van der Waals surface area contributed by atoms with E-state index in [1.165, 1.54) is 6.07 Å². The Kier molecular flexibility index (Phi) is 8.97. The molecule has 0 unspecified atom stereocenters. The highest BCUT2D eigenvalue weighted by Crippen LogP contribution is 2.61. The summed E-state index contributed by atoms with van der Waals surface area (Å²) in [5.74, 6) is 0.575. The zero-order valence-corrected chi connectivity index (χ0v) is 31.8. The van der Waals surface area contributed by atoms with Gasteiger partial charge in [-0.25, -0.2) is 8.78 Å². The monoisotopic (exact) mass is 744 g/mol. The second-order valence-electron chi connectivity index (χ2n) is 14.8. The van der Waals surface area contributed by atoms with Gasteiger partial charge in [0.25, 0.3) is 0 Å². The van der Waals surface area contributed by atoms with Gasteiger partial charge in [-0.05, 0) is 83.5 Å². The summed E-state index contributed by atoms with van der Waals surface area (Å²) in [7, 11) is 3.21. The summed E-state index contributed by atoms with van der Waals surface area (Å²) in [6, 6.07) is 23.7. The molecule has 9 heteroatoms. The third-order valence-electron chi connectivity index (χ3n) is 12.4. The van der Waals surface area contributed by atoms with E-state index in [-0.39, 0.29) is 0 Å². The summed E-state index contributed by atoms with van der Waals surface area (Å²) < 4.78 is 62.0. The maximum Gasteiger partial charge on any atom is 0.178 e. The zero-order valence-electron chi connectivity index (χ0n) is 31.8. The number of rotatable bonds is 8. The van der Waals surface area contributed by atoms with Gasteiger partial charge in [0, 0.05) is 76.7 Å². The van der Waals surface area contributed by atoms with Gasteiger partial charge >= 0.3 is 0 Å². The van der Waals surface area contributed by atoms with Crippen LogP contribution in [-0.2, 0) is 20.5 Å². The van der Waals surface area contributed by atoms with Crippen LogP contribution in [0.2, 0.25) is 0 Å². The van der Waals surface area contributed by atoms with Crippen LogP contribution >= 0.6 is 0 Å². The molecule has 7 nitrogen and oxygen atoms in total. The average Bonchev–Trinajstić information content (AvgIpc) is 3.54. The zero-order chi connectivity index (χ0) is 37.9. The second kappa shape index (κ2) is 13.9. The molecule has 1 aliphatic carbocycles. The molecule has 0 radical (unpaired) electrons. The molecular weight excluding hydrogens is 699 g/mol. The summed E-state index contributed by atoms with van der Waals surface area (Å²) in [6.45, 7) is 10.3. The summed E-state index contributed by atoms with van der Waals surface area (Å²) in [5, 5.41) is 1.56. The maximum atomic E-state index is 16.2. The fraction of sp³-hybridized carbons (Fsp3) is 0.348. The molecule has 0 aromatic heterocycles. The van der Waals surface area contributed by atoms with E-state index in [1.54, 1.807) is 14.2 Å². The molecule has 5 aromatic rings. The van der Waals surface area contributed by atoms with Crippen molar-refractivity contribution >= 4 is 28.2 Å². The van der Waals surface area contributed by atoms with Gasteiger partial charge in [0.1, 0.15) is 17.4 Å². The van der Waals surface area contributed by atoms with Gasteiger partial charge in [-0.3, -0.25) is 0 Å². The molecule has 0 spiro atoms. The SMILES string of the molecule is CCC1(CC)c2c(F)cc(F)cc2-c2c1c1c(c3cc(OC)c(OC)cc23)OC(c2ccc(N3CCOCC3)cc2)(c2ccc(N3CCOCC3)cc2)C=C1.